The minimum atomic E-state index is 0.0794. The van der Waals surface area contributed by atoms with Crippen molar-refractivity contribution in [3.05, 3.63) is 35.7 Å². The van der Waals surface area contributed by atoms with E-state index in [1.807, 2.05) is 6.92 Å². The molecule has 0 radical (unpaired) electrons. The van der Waals surface area contributed by atoms with E-state index in [0.29, 0.717) is 0 Å². The Hall–Kier alpha value is -1.40. The van der Waals surface area contributed by atoms with Crippen LogP contribution in [0.2, 0.25) is 0 Å². The number of hydrogen-bond donors (Lipinski definition) is 1. The molecule has 90 valence electrons. The minimum absolute atomic E-state index is 0.0794. The fourth-order valence-corrected chi connectivity index (χ4v) is 2.14. The van der Waals surface area contributed by atoms with Gasteiger partial charge in [0.2, 0.25) is 0 Å². The maximum atomic E-state index is 5.79. The van der Waals surface area contributed by atoms with Gasteiger partial charge in [0.15, 0.2) is 5.82 Å². The molecular formula is C11H15N5S. The van der Waals surface area contributed by atoms with Crippen LogP contribution in [-0.4, -0.2) is 20.2 Å². The number of rotatable bonds is 4. The smallest absolute Gasteiger partial charge is 0.184 e. The van der Waals surface area contributed by atoms with Gasteiger partial charge >= 0.3 is 0 Å². The van der Waals surface area contributed by atoms with Gasteiger partial charge in [-0.15, -0.1) is 22.0 Å². The first-order chi connectivity index (χ1) is 8.15. The molecule has 0 saturated carbocycles. The highest BCUT2D eigenvalue weighted by atomic mass is 32.2. The van der Waals surface area contributed by atoms with E-state index < -0.39 is 0 Å². The van der Waals surface area contributed by atoms with Gasteiger partial charge in [-0.2, -0.15) is 4.80 Å². The summed E-state index contributed by atoms with van der Waals surface area (Å²) in [5, 5.41) is 11.9. The van der Waals surface area contributed by atoms with Gasteiger partial charge in [-0.3, -0.25) is 0 Å². The van der Waals surface area contributed by atoms with E-state index in [9.17, 15) is 0 Å². The van der Waals surface area contributed by atoms with Crippen LogP contribution in [0, 0.1) is 0 Å². The third kappa shape index (κ3) is 3.28. The summed E-state index contributed by atoms with van der Waals surface area (Å²) in [6.45, 7) is 1.98. The standard InChI is InChI=1S/C11H15N5S/c1-8(12)9-3-5-10(6-4-9)17-7-11-13-15-16(2)14-11/h3-6,8H,7,12H2,1-2H3. The van der Waals surface area contributed by atoms with Gasteiger partial charge < -0.3 is 5.73 Å². The maximum Gasteiger partial charge on any atom is 0.184 e. The van der Waals surface area contributed by atoms with Gasteiger partial charge in [-0.05, 0) is 29.8 Å². The van der Waals surface area contributed by atoms with E-state index in [2.05, 4.69) is 39.7 Å². The Kier molecular flexibility index (Phi) is 3.75. The molecule has 0 aliphatic heterocycles. The lowest BCUT2D eigenvalue weighted by molar-refractivity contribution is 0.628. The Morgan fingerprint density at radius 1 is 1.35 bits per heavy atom. The number of nitrogens with two attached hydrogens (primary N) is 1. The highest BCUT2D eigenvalue weighted by Crippen LogP contribution is 2.22. The predicted molar refractivity (Wildman–Crippen MR) is 67.4 cm³/mol. The van der Waals surface area contributed by atoms with Gasteiger partial charge in [0, 0.05) is 10.9 Å². The van der Waals surface area contributed by atoms with E-state index in [1.54, 1.807) is 18.8 Å². The second-order valence-electron chi connectivity index (χ2n) is 3.84. The van der Waals surface area contributed by atoms with Gasteiger partial charge in [0.1, 0.15) is 0 Å². The van der Waals surface area contributed by atoms with Crippen LogP contribution in [0.4, 0.5) is 0 Å². The number of thioether (sulfide) groups is 1. The molecule has 0 aliphatic rings. The van der Waals surface area contributed by atoms with Gasteiger partial charge in [0.25, 0.3) is 0 Å². The SMILES string of the molecule is CC(N)c1ccc(SCc2nnn(C)n2)cc1. The summed E-state index contributed by atoms with van der Waals surface area (Å²) in [7, 11) is 1.76. The first-order valence-electron chi connectivity index (χ1n) is 5.36. The van der Waals surface area contributed by atoms with Crippen LogP contribution in [0.15, 0.2) is 29.2 Å². The molecular weight excluding hydrogens is 234 g/mol. The van der Waals surface area contributed by atoms with Crippen LogP contribution in [0.3, 0.4) is 0 Å². The lowest BCUT2D eigenvalue weighted by Gasteiger charge is -2.05. The third-order valence-corrected chi connectivity index (χ3v) is 3.33. The Morgan fingerprint density at radius 3 is 2.59 bits per heavy atom. The van der Waals surface area contributed by atoms with Crippen molar-refractivity contribution in [1.29, 1.82) is 0 Å². The molecule has 1 unspecified atom stereocenters. The summed E-state index contributed by atoms with van der Waals surface area (Å²) in [6.07, 6.45) is 0. The zero-order chi connectivity index (χ0) is 12.3. The van der Waals surface area contributed by atoms with Crippen LogP contribution in [0.1, 0.15) is 24.4 Å². The molecule has 2 aromatic rings. The topological polar surface area (TPSA) is 69.6 Å². The van der Waals surface area contributed by atoms with E-state index in [0.717, 1.165) is 17.1 Å². The van der Waals surface area contributed by atoms with Gasteiger partial charge in [0.05, 0.1) is 12.8 Å². The van der Waals surface area contributed by atoms with Crippen LogP contribution in [-0.2, 0) is 12.8 Å². The first kappa shape index (κ1) is 12.1. The zero-order valence-electron chi connectivity index (χ0n) is 9.87. The van der Waals surface area contributed by atoms with Gasteiger partial charge in [-0.1, -0.05) is 12.1 Å². The monoisotopic (exact) mass is 249 g/mol. The van der Waals surface area contributed by atoms with Crippen LogP contribution < -0.4 is 5.73 Å². The molecule has 17 heavy (non-hydrogen) atoms. The van der Waals surface area contributed by atoms with Crippen molar-refractivity contribution in [2.75, 3.05) is 0 Å². The highest BCUT2D eigenvalue weighted by molar-refractivity contribution is 7.98. The molecule has 0 fully saturated rings. The average Bonchev–Trinajstić information content (AvgIpc) is 2.73. The number of tetrazole rings is 1. The van der Waals surface area contributed by atoms with Crippen LogP contribution >= 0.6 is 11.8 Å². The Labute approximate surface area is 104 Å². The molecule has 0 bridgehead atoms. The number of aryl methyl sites for hydroxylation is 1. The molecule has 1 aromatic heterocycles. The molecule has 0 amide bonds. The van der Waals surface area contributed by atoms with E-state index in [-0.39, 0.29) is 6.04 Å². The maximum absolute atomic E-state index is 5.79. The lowest BCUT2D eigenvalue weighted by Crippen LogP contribution is -2.04. The Bertz CT molecular complexity index is 477. The van der Waals surface area contributed by atoms with Crippen molar-refractivity contribution < 1.29 is 0 Å². The van der Waals surface area contributed by atoms with Crippen molar-refractivity contribution in [2.24, 2.45) is 12.8 Å². The van der Waals surface area contributed by atoms with Crippen molar-refractivity contribution in [3.8, 4) is 0 Å². The van der Waals surface area contributed by atoms with E-state index in [4.69, 9.17) is 5.73 Å². The van der Waals surface area contributed by atoms with Crippen molar-refractivity contribution >= 4 is 11.8 Å². The molecule has 0 aliphatic carbocycles. The summed E-state index contributed by atoms with van der Waals surface area (Å²) in [6, 6.07) is 8.32. The summed E-state index contributed by atoms with van der Waals surface area (Å²) < 4.78 is 0. The van der Waals surface area contributed by atoms with E-state index >= 15 is 0 Å². The molecule has 6 heteroatoms. The molecule has 1 heterocycles. The van der Waals surface area contributed by atoms with Crippen molar-refractivity contribution in [1.82, 2.24) is 20.2 Å². The summed E-state index contributed by atoms with van der Waals surface area (Å²) in [4.78, 5) is 2.65. The molecule has 1 atom stereocenters. The number of hydrogen-bond acceptors (Lipinski definition) is 5. The quantitative estimate of drug-likeness (QED) is 0.832. The summed E-state index contributed by atoms with van der Waals surface area (Å²) >= 11 is 1.69. The second kappa shape index (κ2) is 5.29. The third-order valence-electron chi connectivity index (χ3n) is 2.32. The molecule has 0 saturated heterocycles. The van der Waals surface area contributed by atoms with Crippen molar-refractivity contribution in [2.45, 2.75) is 23.6 Å². The predicted octanol–water partition coefficient (Wildman–Crippen LogP) is 1.52. The minimum Gasteiger partial charge on any atom is -0.324 e. The second-order valence-corrected chi connectivity index (χ2v) is 4.89. The largest absolute Gasteiger partial charge is 0.324 e. The number of benzene rings is 1. The summed E-state index contributed by atoms with van der Waals surface area (Å²) in [5.74, 6) is 1.47. The Balaban J connectivity index is 1.95. The van der Waals surface area contributed by atoms with E-state index in [1.165, 1.54) is 9.69 Å². The van der Waals surface area contributed by atoms with Gasteiger partial charge in [-0.25, -0.2) is 0 Å². The Morgan fingerprint density at radius 2 is 2.06 bits per heavy atom. The number of aromatic nitrogens is 4. The molecule has 0 spiro atoms. The average molecular weight is 249 g/mol. The van der Waals surface area contributed by atoms with Crippen molar-refractivity contribution in [3.63, 3.8) is 0 Å². The molecule has 1 aromatic carbocycles. The van der Waals surface area contributed by atoms with Crippen LogP contribution in [0.5, 0.6) is 0 Å². The molecule has 2 N–H and O–H groups in total. The number of nitrogens with zero attached hydrogens (tertiary/aromatic N) is 4. The molecule has 5 nitrogen and oxygen atoms in total. The summed E-state index contributed by atoms with van der Waals surface area (Å²) in [5.41, 5.74) is 6.94. The normalized spacial score (nSPS) is 12.6. The lowest BCUT2D eigenvalue weighted by atomic mass is 10.1. The zero-order valence-corrected chi connectivity index (χ0v) is 10.7. The molecule has 2 rings (SSSR count). The fraction of sp³-hybridized carbons (Fsp3) is 0.364. The first-order valence-corrected chi connectivity index (χ1v) is 6.35. The van der Waals surface area contributed by atoms with Crippen LogP contribution in [0.25, 0.3) is 0 Å². The highest BCUT2D eigenvalue weighted by Gasteiger charge is 2.03. The fourth-order valence-electron chi connectivity index (χ4n) is 1.40.